The molecule has 0 saturated carbocycles. The molecule has 3 nitrogen and oxygen atoms in total. The van der Waals surface area contributed by atoms with E-state index >= 15 is 0 Å². The topological polar surface area (TPSA) is 11.2 Å². The van der Waals surface area contributed by atoms with Gasteiger partial charge in [-0.15, -0.1) is 0 Å². The molecule has 2 aliphatic heterocycles. The molecule has 0 N–H and O–H groups in total. The minimum absolute atomic E-state index is 0.00195. The molecule has 37 heavy (non-hydrogen) atoms. The van der Waals surface area contributed by atoms with Gasteiger partial charge in [-0.3, -0.25) is 0 Å². The highest BCUT2D eigenvalue weighted by Crippen LogP contribution is 2.45. The summed E-state index contributed by atoms with van der Waals surface area (Å²) < 4.78 is 72.5. The van der Waals surface area contributed by atoms with Crippen molar-refractivity contribution in [3.63, 3.8) is 0 Å². The summed E-state index contributed by atoms with van der Waals surface area (Å²) in [5.74, 6) is -0.0213. The largest absolute Gasteiger partial charge is 0.361 e. The Kier molecular flexibility index (Phi) is 3.27. The molecule has 3 heteroatoms. The van der Waals surface area contributed by atoms with Crippen molar-refractivity contribution in [3.05, 3.63) is 119 Å². The highest BCUT2D eigenvalue weighted by atomic mass is 15.2. The highest BCUT2D eigenvalue weighted by Gasteiger charge is 2.45. The minimum atomic E-state index is -0.446. The molecule has 3 heterocycles. The predicted octanol–water partition coefficient (Wildman–Crippen LogP) is 7.27. The first-order valence-electron chi connectivity index (χ1n) is 16.5. The third kappa shape index (κ3) is 3.10. The lowest BCUT2D eigenvalue weighted by molar-refractivity contribution is -0.425. The maximum absolute atomic E-state index is 8.87. The first kappa shape index (κ1) is 15.2. The van der Waals surface area contributed by atoms with Gasteiger partial charge in [-0.05, 0) is 79.9 Å². The van der Waals surface area contributed by atoms with Crippen LogP contribution in [-0.2, 0) is 0 Å². The van der Waals surface area contributed by atoms with Gasteiger partial charge in [0.2, 0.25) is 5.71 Å². The third-order valence-corrected chi connectivity index (χ3v) is 8.06. The molecule has 5 aromatic rings. The number of para-hydroxylation sites is 2. The van der Waals surface area contributed by atoms with Crippen LogP contribution in [0.3, 0.4) is 0 Å². The Balaban J connectivity index is 1.51. The molecule has 2 unspecified atom stereocenters. The zero-order valence-electron chi connectivity index (χ0n) is 29.5. The van der Waals surface area contributed by atoms with E-state index in [0.717, 1.165) is 11.3 Å². The van der Waals surface area contributed by atoms with Crippen LogP contribution in [0.25, 0.3) is 27.5 Å². The van der Waals surface area contributed by atoms with E-state index in [4.69, 9.17) is 11.0 Å². The molecule has 0 saturated heterocycles. The molecule has 4 aromatic carbocycles. The lowest BCUT2D eigenvalue weighted by Crippen LogP contribution is -2.44. The summed E-state index contributed by atoms with van der Waals surface area (Å²) in [4.78, 5) is 2.28. The SMILES string of the molecule is [2H]c1c([2H])c([2H])c2c(c1[2H])c1c([2H])c([2H])c([2H])c([2H])c1n2-c1ccc2c(c1)C1C=C[N+](C)=C(c3cc(C)cc(C)c3C)C1N2C. The monoisotopic (exact) mass is 490 g/mol. The fraction of sp³-hybridized carbons (Fsp3) is 0.206. The standard InChI is InChI=1S/C34H32N3/c1-21-18-22(2)23(3)28(19-21)33-34-27(16-17-35(33)4)29-20-24(14-15-30(29)36(34)5)37-31-12-8-6-10-25(31)26-11-7-9-13-32(26)37/h6-20,27,34H,1-5H3/q+1/i6D,7D,8D,9D,10D,11D,12D,13D. The fourth-order valence-corrected chi connectivity index (χ4v) is 6.24. The van der Waals surface area contributed by atoms with E-state index in [0.29, 0.717) is 5.69 Å². The average Bonchev–Trinajstić information content (AvgIpc) is 3.51. The Labute approximate surface area is 229 Å². The molecule has 7 rings (SSSR count). The van der Waals surface area contributed by atoms with Gasteiger partial charge in [-0.1, -0.05) is 47.9 Å². The number of benzene rings is 4. The number of hydrogen-bond acceptors (Lipinski definition) is 1. The summed E-state index contributed by atoms with van der Waals surface area (Å²) in [5.41, 5.74) is 8.92. The van der Waals surface area contributed by atoms with E-state index < -0.39 is 24.2 Å². The van der Waals surface area contributed by atoms with Crippen LogP contribution in [-0.4, -0.2) is 35.0 Å². The van der Waals surface area contributed by atoms with Gasteiger partial charge >= 0.3 is 0 Å². The summed E-state index contributed by atoms with van der Waals surface area (Å²) in [7, 11) is 4.15. The van der Waals surface area contributed by atoms with E-state index in [1.165, 1.54) is 28.0 Å². The second-order valence-electron chi connectivity index (χ2n) is 10.2. The number of rotatable bonds is 2. The van der Waals surface area contributed by atoms with Crippen LogP contribution in [0.4, 0.5) is 5.69 Å². The molecule has 0 bridgehead atoms. The van der Waals surface area contributed by atoms with Crippen LogP contribution in [0.5, 0.6) is 0 Å². The number of nitrogens with zero attached hydrogens (tertiary/aromatic N) is 3. The van der Waals surface area contributed by atoms with Gasteiger partial charge < -0.3 is 9.47 Å². The van der Waals surface area contributed by atoms with Gasteiger partial charge in [0, 0.05) is 40.7 Å². The number of likely N-dealkylation sites (N-methyl/N-ethyl adjacent to an activating group) is 1. The maximum atomic E-state index is 8.87. The second-order valence-corrected chi connectivity index (χ2v) is 10.2. The maximum Gasteiger partial charge on any atom is 0.212 e. The fourth-order valence-electron chi connectivity index (χ4n) is 6.24. The molecular formula is C34H32N3+. The number of anilines is 1. The Bertz CT molecular complexity index is 2150. The van der Waals surface area contributed by atoms with Crippen molar-refractivity contribution in [3.8, 4) is 5.69 Å². The van der Waals surface area contributed by atoms with E-state index in [2.05, 4.69) is 68.8 Å². The predicted molar refractivity (Wildman–Crippen MR) is 156 cm³/mol. The van der Waals surface area contributed by atoms with Crippen molar-refractivity contribution in [2.24, 2.45) is 0 Å². The molecule has 2 atom stereocenters. The Morgan fingerprint density at radius 2 is 1.54 bits per heavy atom. The Morgan fingerprint density at radius 3 is 2.24 bits per heavy atom. The Hall–Kier alpha value is -4.11. The van der Waals surface area contributed by atoms with Gasteiger partial charge in [0.1, 0.15) is 13.1 Å². The van der Waals surface area contributed by atoms with Crippen LogP contribution in [0.15, 0.2) is 90.9 Å². The summed E-state index contributed by atoms with van der Waals surface area (Å²) >= 11 is 0. The lowest BCUT2D eigenvalue weighted by Gasteiger charge is -2.28. The molecule has 0 amide bonds. The van der Waals surface area contributed by atoms with E-state index in [-0.39, 0.29) is 57.9 Å². The van der Waals surface area contributed by atoms with Crippen molar-refractivity contribution in [2.75, 3.05) is 19.0 Å². The van der Waals surface area contributed by atoms with E-state index in [1.54, 1.807) is 4.57 Å². The first-order chi connectivity index (χ1) is 21.3. The molecule has 0 fully saturated rings. The molecule has 182 valence electrons. The highest BCUT2D eigenvalue weighted by molar-refractivity contribution is 6.09. The van der Waals surface area contributed by atoms with Crippen molar-refractivity contribution in [2.45, 2.75) is 32.7 Å². The first-order valence-corrected chi connectivity index (χ1v) is 12.5. The quantitative estimate of drug-likeness (QED) is 0.237. The van der Waals surface area contributed by atoms with Gasteiger partial charge in [0.15, 0.2) is 6.20 Å². The number of aryl methyl sites for hydroxylation is 2. The summed E-state index contributed by atoms with van der Waals surface area (Å²) in [6.45, 7) is 6.41. The van der Waals surface area contributed by atoms with E-state index in [9.17, 15) is 0 Å². The normalized spacial score (nSPS) is 21.7. The summed E-state index contributed by atoms with van der Waals surface area (Å²) in [6, 6.07) is 7.31. The van der Waals surface area contributed by atoms with Crippen molar-refractivity contribution < 1.29 is 15.5 Å². The molecule has 0 spiro atoms. The smallest absolute Gasteiger partial charge is 0.212 e. The zero-order chi connectivity index (χ0) is 32.4. The van der Waals surface area contributed by atoms with Crippen LogP contribution in [0.2, 0.25) is 0 Å². The molecule has 0 aliphatic carbocycles. The molecule has 1 aromatic heterocycles. The van der Waals surface area contributed by atoms with Gasteiger partial charge in [0.25, 0.3) is 0 Å². The number of aromatic nitrogens is 1. The number of hydrogen-bond donors (Lipinski definition) is 0. The summed E-state index contributed by atoms with van der Waals surface area (Å²) in [6.07, 6.45) is 4.28. The van der Waals surface area contributed by atoms with Crippen LogP contribution in [0.1, 0.15) is 44.7 Å². The van der Waals surface area contributed by atoms with Gasteiger partial charge in [0.05, 0.1) is 22.0 Å². The minimum Gasteiger partial charge on any atom is -0.361 e. The van der Waals surface area contributed by atoms with Gasteiger partial charge in [-0.2, -0.15) is 0 Å². The van der Waals surface area contributed by atoms with Crippen LogP contribution >= 0.6 is 0 Å². The van der Waals surface area contributed by atoms with Crippen molar-refractivity contribution >= 4 is 33.2 Å². The van der Waals surface area contributed by atoms with Crippen molar-refractivity contribution in [1.82, 2.24) is 4.57 Å². The van der Waals surface area contributed by atoms with Crippen molar-refractivity contribution in [1.29, 1.82) is 0 Å². The van der Waals surface area contributed by atoms with Crippen LogP contribution < -0.4 is 4.90 Å². The third-order valence-electron chi connectivity index (χ3n) is 8.06. The molecule has 2 aliphatic rings. The molecule has 0 radical (unpaired) electrons. The van der Waals surface area contributed by atoms with E-state index in [1.807, 2.05) is 18.2 Å². The second kappa shape index (κ2) is 7.94. The number of fused-ring (bicyclic) bond motifs is 6. The molecular weight excluding hydrogens is 450 g/mol. The average molecular weight is 491 g/mol. The van der Waals surface area contributed by atoms with Gasteiger partial charge in [-0.25, -0.2) is 4.58 Å². The lowest BCUT2D eigenvalue weighted by atomic mass is 9.84. The Morgan fingerprint density at radius 1 is 0.865 bits per heavy atom. The van der Waals surface area contributed by atoms with Crippen LogP contribution in [0, 0.1) is 20.8 Å². The summed E-state index contributed by atoms with van der Waals surface area (Å²) in [5, 5.41) is 0.164. The zero-order valence-corrected chi connectivity index (χ0v) is 21.5.